The van der Waals surface area contributed by atoms with Crippen molar-refractivity contribution in [1.82, 2.24) is 14.5 Å². The number of methoxy groups -OCH3 is 1. The van der Waals surface area contributed by atoms with Crippen LogP contribution in [0.4, 0.5) is 5.95 Å². The number of hydrogen-bond donors (Lipinski definition) is 1. The predicted molar refractivity (Wildman–Crippen MR) is 131 cm³/mol. The minimum absolute atomic E-state index is 0.0393. The Kier molecular flexibility index (Phi) is 6.28. The van der Waals surface area contributed by atoms with Gasteiger partial charge in [0, 0.05) is 34.9 Å². The highest BCUT2D eigenvalue weighted by Gasteiger charge is 2.36. The van der Waals surface area contributed by atoms with Crippen molar-refractivity contribution in [2.45, 2.75) is 25.7 Å². The molecule has 0 aliphatic heterocycles. The summed E-state index contributed by atoms with van der Waals surface area (Å²) < 4.78 is 7.10. The summed E-state index contributed by atoms with van der Waals surface area (Å²) in [5.41, 5.74) is 2.41. The van der Waals surface area contributed by atoms with Gasteiger partial charge in [-0.3, -0.25) is 19.5 Å². The third-order valence-corrected chi connectivity index (χ3v) is 6.45. The number of carbonyl (C=O) groups is 2. The summed E-state index contributed by atoms with van der Waals surface area (Å²) in [7, 11) is 1.62. The number of halogens is 1. The van der Waals surface area contributed by atoms with Gasteiger partial charge in [0.25, 0.3) is 0 Å². The smallest absolute Gasteiger partial charge is 0.246 e. The van der Waals surface area contributed by atoms with E-state index in [9.17, 15) is 9.59 Å². The van der Waals surface area contributed by atoms with Crippen LogP contribution >= 0.6 is 11.6 Å². The molecule has 2 saturated carbocycles. The van der Waals surface area contributed by atoms with E-state index in [-0.39, 0.29) is 24.3 Å². The number of hydrogen-bond acceptors (Lipinski definition) is 4. The maximum Gasteiger partial charge on any atom is 0.246 e. The van der Waals surface area contributed by atoms with Gasteiger partial charge in [-0.15, -0.1) is 0 Å². The van der Waals surface area contributed by atoms with Crippen LogP contribution in [-0.4, -0.2) is 46.5 Å². The summed E-state index contributed by atoms with van der Waals surface area (Å²) in [6.07, 6.45) is 5.98. The van der Waals surface area contributed by atoms with Crippen LogP contribution < -0.4 is 10.1 Å². The molecule has 2 fully saturated rings. The molecule has 34 heavy (non-hydrogen) atoms. The monoisotopic (exact) mass is 478 g/mol. The van der Waals surface area contributed by atoms with Gasteiger partial charge in [0.15, 0.2) is 0 Å². The first-order chi connectivity index (χ1) is 16.5. The molecule has 0 bridgehead atoms. The molecule has 2 aromatic carbocycles. The minimum atomic E-state index is -0.252. The molecule has 0 radical (unpaired) electrons. The van der Waals surface area contributed by atoms with E-state index in [1.807, 2.05) is 47.2 Å². The minimum Gasteiger partial charge on any atom is -0.497 e. The van der Waals surface area contributed by atoms with Gasteiger partial charge in [-0.2, -0.15) is 0 Å². The summed E-state index contributed by atoms with van der Waals surface area (Å²) in [6.45, 7) is 0.698. The number of amides is 2. The van der Waals surface area contributed by atoms with Crippen molar-refractivity contribution >= 4 is 29.4 Å². The lowest BCUT2D eigenvalue weighted by molar-refractivity contribution is -0.136. The maximum atomic E-state index is 13.1. The molecule has 2 aliphatic rings. The lowest BCUT2D eigenvalue weighted by Crippen LogP contribution is -2.40. The normalized spacial score (nSPS) is 15.1. The van der Waals surface area contributed by atoms with E-state index in [2.05, 4.69) is 5.32 Å². The number of nitrogens with one attached hydrogen (secondary N) is 1. The first-order valence-electron chi connectivity index (χ1n) is 11.6. The molecule has 1 N–H and O–H groups in total. The highest BCUT2D eigenvalue weighted by Crippen LogP contribution is 2.34. The van der Waals surface area contributed by atoms with Gasteiger partial charge >= 0.3 is 0 Å². The molecule has 176 valence electrons. The van der Waals surface area contributed by atoms with E-state index < -0.39 is 0 Å². The lowest BCUT2D eigenvalue weighted by Gasteiger charge is -2.22. The van der Waals surface area contributed by atoms with Crippen molar-refractivity contribution < 1.29 is 14.3 Å². The first-order valence-corrected chi connectivity index (χ1v) is 12.0. The summed E-state index contributed by atoms with van der Waals surface area (Å²) in [6, 6.07) is 14.9. The van der Waals surface area contributed by atoms with Gasteiger partial charge in [-0.25, -0.2) is 4.98 Å². The second-order valence-electron chi connectivity index (χ2n) is 9.01. The van der Waals surface area contributed by atoms with Gasteiger partial charge in [-0.05, 0) is 68.0 Å². The third kappa shape index (κ3) is 5.25. The van der Waals surface area contributed by atoms with Gasteiger partial charge in [0.05, 0.1) is 19.3 Å². The van der Waals surface area contributed by atoms with Gasteiger partial charge < -0.3 is 9.64 Å². The number of benzene rings is 2. The zero-order valence-corrected chi connectivity index (χ0v) is 19.8. The number of nitrogens with zero attached hydrogens (tertiary/aromatic N) is 3. The molecule has 2 aliphatic carbocycles. The van der Waals surface area contributed by atoms with Crippen LogP contribution in [0.15, 0.2) is 54.7 Å². The molecule has 1 heterocycles. The predicted octanol–water partition coefficient (Wildman–Crippen LogP) is 4.79. The Bertz CT molecular complexity index is 1180. The quantitative estimate of drug-likeness (QED) is 0.479. The average molecular weight is 479 g/mol. The van der Waals surface area contributed by atoms with E-state index in [1.54, 1.807) is 24.1 Å². The number of ether oxygens (including phenoxy) is 1. The molecule has 3 aromatic rings. The molecular formula is C26H27ClN4O3. The molecule has 1 aromatic heterocycles. The maximum absolute atomic E-state index is 13.1. The lowest BCUT2D eigenvalue weighted by atomic mass is 10.2. The highest BCUT2D eigenvalue weighted by atomic mass is 35.5. The van der Waals surface area contributed by atoms with E-state index in [1.165, 1.54) is 0 Å². The Balaban J connectivity index is 1.40. The van der Waals surface area contributed by atoms with Crippen molar-refractivity contribution in [2.24, 2.45) is 11.8 Å². The number of rotatable bonds is 9. The average Bonchev–Trinajstić information content (AvgIpc) is 3.78. The van der Waals surface area contributed by atoms with Gasteiger partial charge in [-0.1, -0.05) is 23.7 Å². The van der Waals surface area contributed by atoms with Crippen molar-refractivity contribution in [3.63, 3.8) is 0 Å². The summed E-state index contributed by atoms with van der Waals surface area (Å²) in [5, 5.41) is 3.58. The SMILES string of the molecule is COc1ccc(-n2cc(-c3ccc(Cl)cc3)nc2NC(=O)CN(CC2CC2)C(=O)C2CC2)cc1. The fourth-order valence-corrected chi connectivity index (χ4v) is 4.06. The Morgan fingerprint density at radius 2 is 1.79 bits per heavy atom. The van der Waals surface area contributed by atoms with Gasteiger partial charge in [0.2, 0.25) is 17.8 Å². The number of carbonyl (C=O) groups excluding carboxylic acids is 2. The molecule has 2 amide bonds. The Morgan fingerprint density at radius 1 is 1.09 bits per heavy atom. The molecule has 5 rings (SSSR count). The van der Waals surface area contributed by atoms with E-state index in [0.29, 0.717) is 29.1 Å². The van der Waals surface area contributed by atoms with Crippen LogP contribution in [0.3, 0.4) is 0 Å². The van der Waals surface area contributed by atoms with Crippen molar-refractivity contribution in [3.05, 3.63) is 59.8 Å². The Morgan fingerprint density at radius 3 is 2.41 bits per heavy atom. The summed E-state index contributed by atoms with van der Waals surface area (Å²) in [5.74, 6) is 1.59. The van der Waals surface area contributed by atoms with Crippen molar-refractivity contribution in [1.29, 1.82) is 0 Å². The van der Waals surface area contributed by atoms with E-state index in [0.717, 1.165) is 42.7 Å². The third-order valence-electron chi connectivity index (χ3n) is 6.20. The molecule has 0 spiro atoms. The van der Waals surface area contributed by atoms with Crippen LogP contribution in [0.25, 0.3) is 16.9 Å². The summed E-state index contributed by atoms with van der Waals surface area (Å²) in [4.78, 5) is 32.2. The van der Waals surface area contributed by atoms with Crippen molar-refractivity contribution in [2.75, 3.05) is 25.5 Å². The van der Waals surface area contributed by atoms with Crippen molar-refractivity contribution in [3.8, 4) is 22.7 Å². The largest absolute Gasteiger partial charge is 0.497 e. The van der Waals surface area contributed by atoms with Gasteiger partial charge in [0.1, 0.15) is 5.75 Å². The van der Waals surface area contributed by atoms with Crippen LogP contribution in [0.5, 0.6) is 5.75 Å². The van der Waals surface area contributed by atoms with Crippen LogP contribution in [0, 0.1) is 11.8 Å². The zero-order chi connectivity index (χ0) is 23.7. The summed E-state index contributed by atoms with van der Waals surface area (Å²) >= 11 is 6.04. The second kappa shape index (κ2) is 9.50. The molecule has 0 atom stereocenters. The first kappa shape index (κ1) is 22.5. The number of imidazole rings is 1. The zero-order valence-electron chi connectivity index (χ0n) is 19.0. The van der Waals surface area contributed by atoms with E-state index >= 15 is 0 Å². The molecule has 0 saturated heterocycles. The topological polar surface area (TPSA) is 76.5 Å². The molecular weight excluding hydrogens is 452 g/mol. The van der Waals surface area contributed by atoms with Crippen LogP contribution in [-0.2, 0) is 9.59 Å². The number of anilines is 1. The Labute approximate surface area is 203 Å². The molecule has 8 heteroatoms. The fourth-order valence-electron chi connectivity index (χ4n) is 3.94. The van der Waals surface area contributed by atoms with Crippen LogP contribution in [0.1, 0.15) is 25.7 Å². The highest BCUT2D eigenvalue weighted by molar-refractivity contribution is 6.30. The second-order valence-corrected chi connectivity index (χ2v) is 9.45. The van der Waals surface area contributed by atoms with Crippen LogP contribution in [0.2, 0.25) is 5.02 Å². The molecule has 7 nitrogen and oxygen atoms in total. The number of aromatic nitrogens is 2. The van der Waals surface area contributed by atoms with E-state index in [4.69, 9.17) is 21.3 Å². The Hall–Kier alpha value is -3.32. The standard InChI is InChI=1S/C26H27ClN4O3/c1-34-22-12-10-21(11-13-22)31-15-23(18-6-8-20(27)9-7-18)28-26(31)29-24(32)16-30(14-17-2-3-17)25(33)19-4-5-19/h6-13,15,17,19H,2-5,14,16H2,1H3,(H,28,29,32). The fraction of sp³-hybridized carbons (Fsp3) is 0.346. The molecule has 0 unspecified atom stereocenters.